The maximum Gasteiger partial charge on any atom is 0.136 e. The Morgan fingerprint density at radius 3 is 1.09 bits per heavy atom. The summed E-state index contributed by atoms with van der Waals surface area (Å²) in [6.07, 6.45) is 0. The number of hydrogen-bond donors (Lipinski definition) is 0. The lowest BCUT2D eigenvalue weighted by Crippen LogP contribution is -1.92. The molecule has 0 radical (unpaired) electrons. The van der Waals surface area contributed by atoms with Crippen molar-refractivity contribution in [3.63, 3.8) is 0 Å². The van der Waals surface area contributed by atoms with Gasteiger partial charge in [0.15, 0.2) is 0 Å². The van der Waals surface area contributed by atoms with E-state index in [2.05, 4.69) is 0 Å². The van der Waals surface area contributed by atoms with Crippen LogP contribution in [-0.2, 0) is 0 Å². The summed E-state index contributed by atoms with van der Waals surface area (Å²) in [6, 6.07) is 8.74. The monoisotopic (exact) mass is 1170 g/mol. The van der Waals surface area contributed by atoms with Gasteiger partial charge in [0, 0.05) is 21.5 Å². The summed E-state index contributed by atoms with van der Waals surface area (Å²) < 4.78 is 320. The van der Waals surface area contributed by atoms with Crippen LogP contribution in [0.15, 0.2) is 323 Å². The van der Waals surface area contributed by atoms with Crippen LogP contribution in [0.25, 0.3) is 196 Å². The summed E-state index contributed by atoms with van der Waals surface area (Å²) in [7, 11) is 0. The maximum absolute atomic E-state index is 9.78. The van der Waals surface area contributed by atoms with Crippen molar-refractivity contribution in [1.82, 2.24) is 0 Å². The SMILES string of the molecule is [2H]c1c([2H])c([2H])c2c(-c3c([2H])c([2H])c4c(c3[2H])c([2H])c([2H])c3c([2H])c([2H])c([2H])c([2H])c34)c3c([2H])c([2H])c([2H])c([2H])c3c(-c3ccc4oc5ccc6ccccc6c5c4c3)c2c1[2H].[2H]c1c([2H])c([2H])c2c(-c3c([2H])c4c([2H])c([2H])c([2H])c([2H])c4c4c([2H])c([2H])c([2H])c([2H])c34)c3c([2H])c([2H])c([2H])c([2H])c3c(-c3ccc4oc5ccc6ccccc6c5c4c3)c2c1[2H]. The molecule has 0 aliphatic heterocycles. The Balaban J connectivity index is 0.000000163. The molecule has 0 N–H and O–H groups in total. The van der Waals surface area contributed by atoms with Crippen LogP contribution in [0.5, 0.6) is 0 Å². The quantitative estimate of drug-likeness (QED) is 0.130. The highest BCUT2D eigenvalue weighted by Crippen LogP contribution is 2.50. The second kappa shape index (κ2) is 19.8. The molecule has 416 valence electrons. The van der Waals surface area contributed by atoms with E-state index in [4.69, 9.17) is 37.6 Å². The third-order valence-electron chi connectivity index (χ3n) is 16.7. The molecule has 2 heteroatoms. The fraction of sp³-hybridized carbons (Fsp3) is 0. The van der Waals surface area contributed by atoms with Gasteiger partial charge in [-0.15, -0.1) is 0 Å². The van der Waals surface area contributed by atoms with E-state index < -0.39 is 265 Å². The number of furan rings is 2. The lowest BCUT2D eigenvalue weighted by Gasteiger charge is -2.19. The number of benzene rings is 18. The topological polar surface area (TPSA) is 26.3 Å². The van der Waals surface area contributed by atoms with Gasteiger partial charge in [-0.3, -0.25) is 0 Å². The summed E-state index contributed by atoms with van der Waals surface area (Å²) in [4.78, 5) is 0. The van der Waals surface area contributed by atoms with E-state index >= 15 is 0 Å². The van der Waals surface area contributed by atoms with Crippen LogP contribution in [0.1, 0.15) is 46.6 Å². The first kappa shape index (κ1) is 27.5. The first-order valence-electron chi connectivity index (χ1n) is 45.3. The highest BCUT2D eigenvalue weighted by molar-refractivity contribution is 6.28. The minimum absolute atomic E-state index is 0.00389. The van der Waals surface area contributed by atoms with E-state index in [1.165, 1.54) is 0 Å². The zero-order valence-electron chi connectivity index (χ0n) is 80.2. The third kappa shape index (κ3) is 7.65. The summed E-state index contributed by atoms with van der Waals surface area (Å²) in [6.45, 7) is 0. The average Bonchev–Trinajstić information content (AvgIpc) is 0.732. The van der Waals surface area contributed by atoms with Crippen LogP contribution >= 0.6 is 0 Å². The van der Waals surface area contributed by atoms with Crippen molar-refractivity contribution in [2.24, 2.45) is 0 Å². The van der Waals surface area contributed by atoms with Crippen LogP contribution in [0.2, 0.25) is 0 Å². The predicted molar refractivity (Wildman–Crippen MR) is 384 cm³/mol. The third-order valence-corrected chi connectivity index (χ3v) is 16.7. The van der Waals surface area contributed by atoms with E-state index in [0.29, 0.717) is 33.1 Å². The molecule has 0 aliphatic rings. The molecule has 18 aromatic carbocycles. The van der Waals surface area contributed by atoms with E-state index in [9.17, 15) is 17.8 Å². The van der Waals surface area contributed by atoms with Crippen molar-refractivity contribution < 1.29 is 55.4 Å². The van der Waals surface area contributed by atoms with Gasteiger partial charge in [0.1, 0.15) is 22.3 Å². The normalized spacial score (nSPS) is 17.3. The van der Waals surface area contributed by atoms with Gasteiger partial charge in [-0.05, 0) is 201 Å². The summed E-state index contributed by atoms with van der Waals surface area (Å²) in [5.74, 6) is 0. The molecule has 0 atom stereocenters. The fourth-order valence-corrected chi connectivity index (χ4v) is 12.9. The molecule has 20 rings (SSSR count). The van der Waals surface area contributed by atoms with Crippen molar-refractivity contribution >= 4 is 152 Å². The molecule has 0 saturated heterocycles. The van der Waals surface area contributed by atoms with Crippen LogP contribution < -0.4 is 0 Å². The number of rotatable bonds is 4. The van der Waals surface area contributed by atoms with Crippen LogP contribution in [-0.4, -0.2) is 0 Å². The second-order valence-corrected chi connectivity index (χ2v) is 21.4. The fourth-order valence-electron chi connectivity index (χ4n) is 12.9. The molecule has 2 heterocycles. The lowest BCUT2D eigenvalue weighted by molar-refractivity contribution is 0.669. The highest BCUT2D eigenvalue weighted by atomic mass is 16.3. The second-order valence-electron chi connectivity index (χ2n) is 21.4. The highest BCUT2D eigenvalue weighted by Gasteiger charge is 2.23. The lowest BCUT2D eigenvalue weighted by atomic mass is 9.83. The van der Waals surface area contributed by atoms with Crippen LogP contribution in [0.4, 0.5) is 0 Å². The van der Waals surface area contributed by atoms with E-state index in [-0.39, 0.29) is 70.7 Å². The summed E-state index contributed by atoms with van der Waals surface area (Å²) >= 11 is 0. The molecular weight excluding hydrogens is 1090 g/mol. The van der Waals surface area contributed by atoms with E-state index in [1.807, 2.05) is 72.8 Å². The zero-order valence-corrected chi connectivity index (χ0v) is 46.2. The van der Waals surface area contributed by atoms with Gasteiger partial charge in [0.05, 0.1) is 46.6 Å². The minimum Gasteiger partial charge on any atom is -0.456 e. The van der Waals surface area contributed by atoms with Crippen molar-refractivity contribution in [3.05, 3.63) is 315 Å². The molecule has 2 nitrogen and oxygen atoms in total. The molecular formula is C88H52O2. The predicted octanol–water partition coefficient (Wildman–Crippen LogP) is 25.4. The van der Waals surface area contributed by atoms with Gasteiger partial charge in [0.25, 0.3) is 0 Å². The smallest absolute Gasteiger partial charge is 0.136 e. The standard InChI is InChI=1S/2C44H26O/c1-4-14-31-27(11-1)21-24-41-44(31)39-26-29(22-23-40(39)45-41)42-34-17-7-9-19-36(34)43(37-20-10-8-18-35(37)42)38-25-28-12-2-3-13-30(28)32-15-5-6-16-33(32)38;1-3-11-32-27(9-1)17-18-29-25-30(19-22-33(29)32)42-35-13-5-7-15-37(35)43(38-16-8-6-14-36(38)42)31-21-23-40-39(26-31)44-34-12-4-2-10-28(34)20-24-41(44)45-40/h2*1-26H/i2D,3D,5D,6D,7D,8D,9D,10D,12D,13D,15D,16D,17D,18D,19D,20D,25D;1D,3D,5D,6D,7D,8D,9D,11D,13D,14D,15D,16D,17D,18D,19D,22D,25D. The molecule has 0 fully saturated rings. The minimum atomic E-state index is -0.790. The number of fused-ring (bicyclic) bond motifs is 20. The molecule has 90 heavy (non-hydrogen) atoms. The van der Waals surface area contributed by atoms with Crippen molar-refractivity contribution in [3.8, 4) is 44.5 Å². The molecule has 0 spiro atoms. The van der Waals surface area contributed by atoms with Crippen molar-refractivity contribution in [2.45, 2.75) is 0 Å². The first-order valence-corrected chi connectivity index (χ1v) is 28.3. The maximum atomic E-state index is 9.78. The van der Waals surface area contributed by atoms with Crippen LogP contribution in [0, 0.1) is 0 Å². The van der Waals surface area contributed by atoms with Gasteiger partial charge < -0.3 is 8.83 Å². The Morgan fingerprint density at radius 2 is 0.578 bits per heavy atom. The molecule has 0 bridgehead atoms. The molecule has 0 saturated carbocycles. The zero-order chi connectivity index (χ0) is 88.6. The van der Waals surface area contributed by atoms with E-state index in [0.717, 1.165) is 32.3 Å². The van der Waals surface area contributed by atoms with Crippen molar-refractivity contribution in [1.29, 1.82) is 0 Å². The first-order chi connectivity index (χ1) is 58.8. The Labute approximate surface area is 565 Å². The van der Waals surface area contributed by atoms with Crippen molar-refractivity contribution in [2.75, 3.05) is 0 Å². The van der Waals surface area contributed by atoms with Gasteiger partial charge >= 0.3 is 0 Å². The van der Waals surface area contributed by atoms with Gasteiger partial charge in [-0.25, -0.2) is 0 Å². The molecule has 0 unspecified atom stereocenters. The average molecular weight is 1180 g/mol. The Hall–Kier alpha value is -11.8. The van der Waals surface area contributed by atoms with Gasteiger partial charge in [-0.1, -0.05) is 266 Å². The number of hydrogen-bond acceptors (Lipinski definition) is 2. The molecule has 2 aromatic heterocycles. The van der Waals surface area contributed by atoms with Gasteiger partial charge in [-0.2, -0.15) is 0 Å². The summed E-state index contributed by atoms with van der Waals surface area (Å²) in [5, 5.41) is 0.560. The molecule has 20 aromatic rings. The Bertz CT molecular complexity index is 8380. The molecule has 0 aliphatic carbocycles. The Kier molecular flexibility index (Phi) is 6.06. The molecule has 0 amide bonds. The van der Waals surface area contributed by atoms with Crippen LogP contribution in [0.3, 0.4) is 0 Å². The van der Waals surface area contributed by atoms with E-state index in [1.54, 1.807) is 36.4 Å². The summed E-state index contributed by atoms with van der Waals surface area (Å²) in [5.41, 5.74) is 0.745. The Morgan fingerprint density at radius 1 is 0.211 bits per heavy atom. The van der Waals surface area contributed by atoms with Gasteiger partial charge in [0.2, 0.25) is 0 Å². The largest absolute Gasteiger partial charge is 0.456 e.